The zero-order valence-corrected chi connectivity index (χ0v) is 15.4. The van der Waals surface area contributed by atoms with Gasteiger partial charge in [-0.2, -0.15) is 0 Å². The first-order valence-corrected chi connectivity index (χ1v) is 8.75. The van der Waals surface area contributed by atoms with Crippen molar-refractivity contribution in [2.75, 3.05) is 6.54 Å². The highest BCUT2D eigenvalue weighted by Crippen LogP contribution is 2.17. The molecule has 0 saturated carbocycles. The second-order valence-corrected chi connectivity index (χ2v) is 6.63. The van der Waals surface area contributed by atoms with Gasteiger partial charge in [0.25, 0.3) is 5.91 Å². The second kappa shape index (κ2) is 8.10. The summed E-state index contributed by atoms with van der Waals surface area (Å²) in [6.07, 6.45) is 0. The Hall–Kier alpha value is -3.39. The summed E-state index contributed by atoms with van der Waals surface area (Å²) in [5.74, 6) is -1.50. The molecule has 1 saturated heterocycles. The average molecular weight is 401 g/mol. The zero-order chi connectivity index (χ0) is 20.3. The normalized spacial score (nSPS) is 14.5. The predicted molar refractivity (Wildman–Crippen MR) is 101 cm³/mol. The highest BCUT2D eigenvalue weighted by atomic mass is 35.5. The summed E-state index contributed by atoms with van der Waals surface area (Å²) >= 11 is 5.84. The first kappa shape index (κ1) is 19.4. The topological polar surface area (TPSA) is 122 Å². The number of amides is 5. The number of carbonyl (C=O) groups excluding carboxylic acids is 4. The van der Waals surface area contributed by atoms with E-state index in [0.717, 1.165) is 4.90 Å². The molecule has 0 bridgehead atoms. The molecule has 144 valence electrons. The third-order valence-corrected chi connectivity index (χ3v) is 4.51. The largest absolute Gasteiger partial charge is 0.368 e. The van der Waals surface area contributed by atoms with Gasteiger partial charge in [0.1, 0.15) is 6.04 Å². The van der Waals surface area contributed by atoms with Crippen molar-refractivity contribution < 1.29 is 19.2 Å². The van der Waals surface area contributed by atoms with Gasteiger partial charge in [-0.05, 0) is 35.4 Å². The van der Waals surface area contributed by atoms with Gasteiger partial charge < -0.3 is 16.4 Å². The fraction of sp³-hybridized carbons (Fsp3) is 0.158. The van der Waals surface area contributed by atoms with Crippen LogP contribution in [0.15, 0.2) is 48.5 Å². The number of rotatable bonds is 6. The highest BCUT2D eigenvalue weighted by molar-refractivity contribution is 6.30. The van der Waals surface area contributed by atoms with E-state index in [0.29, 0.717) is 21.7 Å². The summed E-state index contributed by atoms with van der Waals surface area (Å²) in [6, 6.07) is 11.3. The maximum absolute atomic E-state index is 12.5. The lowest BCUT2D eigenvalue weighted by atomic mass is 10.1. The predicted octanol–water partition coefficient (Wildman–Crippen LogP) is 1.35. The number of hydrogen-bond donors (Lipinski definition) is 3. The lowest BCUT2D eigenvalue weighted by Crippen LogP contribution is -2.37. The van der Waals surface area contributed by atoms with Crippen molar-refractivity contribution in [2.24, 2.45) is 5.73 Å². The number of nitrogens with two attached hydrogens (primary N) is 1. The van der Waals surface area contributed by atoms with Gasteiger partial charge in [0.2, 0.25) is 11.8 Å². The molecular formula is C19H17ClN4O4. The third-order valence-electron chi connectivity index (χ3n) is 4.26. The fourth-order valence-electron chi connectivity index (χ4n) is 2.75. The van der Waals surface area contributed by atoms with E-state index < -0.39 is 23.9 Å². The van der Waals surface area contributed by atoms with Gasteiger partial charge in [0.15, 0.2) is 0 Å². The first-order chi connectivity index (χ1) is 13.3. The van der Waals surface area contributed by atoms with E-state index in [4.69, 9.17) is 17.3 Å². The Morgan fingerprint density at radius 2 is 1.75 bits per heavy atom. The van der Waals surface area contributed by atoms with Crippen molar-refractivity contribution in [1.29, 1.82) is 0 Å². The van der Waals surface area contributed by atoms with E-state index in [2.05, 4.69) is 10.6 Å². The molecule has 5 amide bonds. The molecule has 1 atom stereocenters. The fourth-order valence-corrected chi connectivity index (χ4v) is 2.87. The van der Waals surface area contributed by atoms with Crippen LogP contribution in [0.2, 0.25) is 5.02 Å². The van der Waals surface area contributed by atoms with Crippen LogP contribution in [-0.2, 0) is 16.1 Å². The molecule has 0 spiro atoms. The molecule has 1 aliphatic heterocycles. The first-order valence-electron chi connectivity index (χ1n) is 8.38. The molecule has 0 radical (unpaired) electrons. The number of urea groups is 1. The molecule has 1 fully saturated rings. The van der Waals surface area contributed by atoms with Crippen LogP contribution in [0.25, 0.3) is 0 Å². The molecular weight excluding hydrogens is 384 g/mol. The smallest absolute Gasteiger partial charge is 0.324 e. The molecule has 4 N–H and O–H groups in total. The summed E-state index contributed by atoms with van der Waals surface area (Å²) in [7, 11) is 0. The quantitative estimate of drug-likeness (QED) is 0.633. The van der Waals surface area contributed by atoms with Crippen molar-refractivity contribution in [2.45, 2.75) is 12.6 Å². The molecule has 8 nitrogen and oxygen atoms in total. The SMILES string of the molecule is NC(=O)C(NC(=O)c1ccc(CN2C(=O)CNC2=O)cc1)c1ccc(Cl)cc1. The standard InChI is InChI=1S/C19H17ClN4O4/c20-14-7-5-12(6-8-14)16(17(21)26)23-18(27)13-3-1-11(2-4-13)10-24-15(25)9-22-19(24)28/h1-8,16H,9-10H2,(H2,21,26)(H,22,28)(H,23,27). The van der Waals surface area contributed by atoms with Gasteiger partial charge in [0, 0.05) is 10.6 Å². The Balaban J connectivity index is 1.69. The number of primary amides is 1. The Labute approximate surface area is 165 Å². The van der Waals surface area contributed by atoms with Crippen LogP contribution in [0.5, 0.6) is 0 Å². The van der Waals surface area contributed by atoms with Crippen molar-refractivity contribution >= 4 is 35.4 Å². The van der Waals surface area contributed by atoms with Gasteiger partial charge in [0.05, 0.1) is 13.1 Å². The number of hydrogen-bond acceptors (Lipinski definition) is 4. The van der Waals surface area contributed by atoms with Gasteiger partial charge in [-0.3, -0.25) is 19.3 Å². The van der Waals surface area contributed by atoms with Crippen LogP contribution in [-0.4, -0.2) is 35.2 Å². The summed E-state index contributed by atoms with van der Waals surface area (Å²) in [5, 5.41) is 5.53. The Morgan fingerprint density at radius 3 is 2.29 bits per heavy atom. The minimum absolute atomic E-state index is 0.0154. The summed E-state index contributed by atoms with van der Waals surface area (Å²) in [5.41, 5.74) is 6.92. The Kier molecular flexibility index (Phi) is 5.60. The molecule has 2 aromatic carbocycles. The maximum atomic E-state index is 12.5. The number of nitrogens with zero attached hydrogens (tertiary/aromatic N) is 1. The minimum Gasteiger partial charge on any atom is -0.368 e. The second-order valence-electron chi connectivity index (χ2n) is 6.20. The highest BCUT2D eigenvalue weighted by Gasteiger charge is 2.28. The Bertz CT molecular complexity index is 912. The lowest BCUT2D eigenvalue weighted by Gasteiger charge is -2.16. The third kappa shape index (κ3) is 4.29. The van der Waals surface area contributed by atoms with Crippen LogP contribution in [0.3, 0.4) is 0 Å². The Morgan fingerprint density at radius 1 is 1.11 bits per heavy atom. The van der Waals surface area contributed by atoms with Crippen molar-refractivity contribution in [3.63, 3.8) is 0 Å². The monoisotopic (exact) mass is 400 g/mol. The number of benzene rings is 2. The maximum Gasteiger partial charge on any atom is 0.324 e. The summed E-state index contributed by atoms with van der Waals surface area (Å²) < 4.78 is 0. The molecule has 1 unspecified atom stereocenters. The number of carbonyl (C=O) groups is 4. The molecule has 1 heterocycles. The average Bonchev–Trinajstić information content (AvgIpc) is 2.99. The molecule has 0 aromatic heterocycles. The van der Waals surface area contributed by atoms with Gasteiger partial charge >= 0.3 is 6.03 Å². The van der Waals surface area contributed by atoms with Gasteiger partial charge in [-0.15, -0.1) is 0 Å². The van der Waals surface area contributed by atoms with Gasteiger partial charge in [-0.1, -0.05) is 35.9 Å². The molecule has 2 aromatic rings. The van der Waals surface area contributed by atoms with Crippen LogP contribution < -0.4 is 16.4 Å². The molecule has 0 aliphatic carbocycles. The van der Waals surface area contributed by atoms with E-state index in [-0.39, 0.29) is 19.0 Å². The molecule has 3 rings (SSSR count). The van der Waals surface area contributed by atoms with E-state index in [1.807, 2.05) is 0 Å². The number of halogens is 1. The van der Waals surface area contributed by atoms with Crippen LogP contribution >= 0.6 is 11.6 Å². The van der Waals surface area contributed by atoms with E-state index >= 15 is 0 Å². The van der Waals surface area contributed by atoms with Crippen molar-refractivity contribution in [3.05, 3.63) is 70.2 Å². The zero-order valence-electron chi connectivity index (χ0n) is 14.6. The van der Waals surface area contributed by atoms with Crippen LogP contribution in [0.4, 0.5) is 4.79 Å². The van der Waals surface area contributed by atoms with Crippen molar-refractivity contribution in [1.82, 2.24) is 15.5 Å². The molecule has 1 aliphatic rings. The minimum atomic E-state index is -1.00. The number of nitrogens with one attached hydrogen (secondary N) is 2. The van der Waals surface area contributed by atoms with Crippen LogP contribution in [0.1, 0.15) is 27.5 Å². The van der Waals surface area contributed by atoms with Crippen LogP contribution in [0, 0.1) is 0 Å². The lowest BCUT2D eigenvalue weighted by molar-refractivity contribution is -0.125. The summed E-state index contributed by atoms with van der Waals surface area (Å²) in [6.45, 7) is 0.0970. The summed E-state index contributed by atoms with van der Waals surface area (Å²) in [4.78, 5) is 48.6. The van der Waals surface area contributed by atoms with Gasteiger partial charge in [-0.25, -0.2) is 4.79 Å². The number of imide groups is 1. The van der Waals surface area contributed by atoms with E-state index in [9.17, 15) is 19.2 Å². The van der Waals surface area contributed by atoms with E-state index in [1.54, 1.807) is 48.5 Å². The molecule has 28 heavy (non-hydrogen) atoms. The van der Waals surface area contributed by atoms with E-state index in [1.165, 1.54) is 0 Å². The van der Waals surface area contributed by atoms with Crippen molar-refractivity contribution in [3.8, 4) is 0 Å². The molecule has 9 heteroatoms.